The van der Waals surface area contributed by atoms with Crippen LogP contribution in [0.5, 0.6) is 0 Å². The first-order valence-corrected chi connectivity index (χ1v) is 8.50. The molecule has 0 aromatic heterocycles. The van der Waals surface area contributed by atoms with Crippen LogP contribution in [0.1, 0.15) is 32.6 Å². The lowest BCUT2D eigenvalue weighted by atomic mass is 9.65. The number of hydrogen-bond donors (Lipinski definition) is 8. The van der Waals surface area contributed by atoms with Crippen LogP contribution in [0.25, 0.3) is 0 Å². The number of carboxylic acids is 1. The minimum absolute atomic E-state index is 0.00559. The normalized spacial score (nSPS) is 27.8. The van der Waals surface area contributed by atoms with E-state index in [-0.39, 0.29) is 12.8 Å². The van der Waals surface area contributed by atoms with Crippen LogP contribution in [0.4, 0.5) is 0 Å². The highest BCUT2D eigenvalue weighted by molar-refractivity contribution is 5.79. The highest BCUT2D eigenvalue weighted by Gasteiger charge is 2.52. The van der Waals surface area contributed by atoms with E-state index < -0.39 is 59.8 Å². The van der Waals surface area contributed by atoms with E-state index in [0.717, 1.165) is 6.08 Å². The van der Waals surface area contributed by atoms with Crippen LogP contribution in [0.2, 0.25) is 0 Å². The lowest BCUT2D eigenvalue weighted by Crippen LogP contribution is -2.49. The van der Waals surface area contributed by atoms with E-state index in [1.54, 1.807) is 0 Å². The van der Waals surface area contributed by atoms with Crippen LogP contribution >= 0.6 is 0 Å². The van der Waals surface area contributed by atoms with Gasteiger partial charge in [0.2, 0.25) is 0 Å². The number of aliphatic carboxylic acids is 1. The standard InChI is InChI=1S/C17H28O9/c1-2-3-6-17(16(25)26)9(4-5-10(19)15(17)24)7-11(20)13(22)14(23)12(21)8-18/h4-5,9,11-14,18-24H,2-3,6-8H2,1H3,(H,25,26). The summed E-state index contributed by atoms with van der Waals surface area (Å²) in [5.74, 6) is -3.67. The molecule has 0 spiro atoms. The summed E-state index contributed by atoms with van der Waals surface area (Å²) < 4.78 is 0. The molecule has 1 rings (SSSR count). The molecule has 6 atom stereocenters. The molecule has 0 saturated carbocycles. The second-order valence-corrected chi connectivity index (χ2v) is 6.61. The Morgan fingerprint density at radius 3 is 2.23 bits per heavy atom. The van der Waals surface area contributed by atoms with Crippen LogP contribution in [0.15, 0.2) is 23.7 Å². The Hall–Kier alpha value is -1.65. The summed E-state index contributed by atoms with van der Waals surface area (Å²) in [6.07, 6.45) is -3.87. The van der Waals surface area contributed by atoms with Gasteiger partial charge in [-0.25, -0.2) is 0 Å². The van der Waals surface area contributed by atoms with E-state index in [1.807, 2.05) is 6.92 Å². The summed E-state index contributed by atoms with van der Waals surface area (Å²) in [6, 6.07) is 0. The fourth-order valence-corrected chi connectivity index (χ4v) is 3.22. The van der Waals surface area contributed by atoms with Crippen molar-refractivity contribution >= 4 is 5.97 Å². The van der Waals surface area contributed by atoms with Crippen LogP contribution in [-0.4, -0.2) is 77.8 Å². The van der Waals surface area contributed by atoms with Gasteiger partial charge in [0.15, 0.2) is 11.5 Å². The van der Waals surface area contributed by atoms with E-state index in [1.165, 1.54) is 6.08 Å². The summed E-state index contributed by atoms with van der Waals surface area (Å²) in [5.41, 5.74) is -1.88. The van der Waals surface area contributed by atoms with Crippen LogP contribution in [0.3, 0.4) is 0 Å². The molecule has 0 aliphatic heterocycles. The van der Waals surface area contributed by atoms with Crippen molar-refractivity contribution in [3.8, 4) is 0 Å². The lowest BCUT2D eigenvalue weighted by molar-refractivity contribution is -0.154. The van der Waals surface area contributed by atoms with Gasteiger partial charge in [-0.05, 0) is 18.9 Å². The maximum absolute atomic E-state index is 12.0. The van der Waals surface area contributed by atoms with Crippen molar-refractivity contribution in [1.29, 1.82) is 0 Å². The summed E-state index contributed by atoms with van der Waals surface area (Å²) in [4.78, 5) is 12.0. The molecule has 0 heterocycles. The first-order valence-electron chi connectivity index (χ1n) is 8.50. The molecule has 9 nitrogen and oxygen atoms in total. The third-order valence-electron chi connectivity index (χ3n) is 4.91. The number of allylic oxidation sites excluding steroid dienone is 2. The fraction of sp³-hybridized carbons (Fsp3) is 0.706. The molecule has 0 aromatic carbocycles. The minimum atomic E-state index is -1.88. The number of carbonyl (C=O) groups is 1. The molecule has 1 aliphatic rings. The topological polar surface area (TPSA) is 179 Å². The quantitative estimate of drug-likeness (QED) is 0.251. The van der Waals surface area contributed by atoms with Gasteiger partial charge in [0, 0.05) is 5.92 Å². The first-order chi connectivity index (χ1) is 12.1. The molecule has 1 aliphatic carbocycles. The van der Waals surface area contributed by atoms with Crippen LogP contribution < -0.4 is 0 Å². The molecule has 0 radical (unpaired) electrons. The van der Waals surface area contributed by atoms with Gasteiger partial charge in [0.25, 0.3) is 0 Å². The Morgan fingerprint density at radius 2 is 1.73 bits per heavy atom. The highest BCUT2D eigenvalue weighted by Crippen LogP contribution is 2.46. The predicted octanol–water partition coefficient (Wildman–Crippen LogP) is -0.413. The van der Waals surface area contributed by atoms with Crippen molar-refractivity contribution in [2.24, 2.45) is 11.3 Å². The zero-order valence-electron chi connectivity index (χ0n) is 14.6. The molecule has 0 amide bonds. The lowest BCUT2D eigenvalue weighted by Gasteiger charge is -2.39. The molecule has 150 valence electrons. The molecular formula is C17H28O9. The van der Waals surface area contributed by atoms with Gasteiger partial charge in [-0.3, -0.25) is 4.79 Å². The maximum atomic E-state index is 12.0. The Kier molecular flexibility index (Phi) is 8.04. The van der Waals surface area contributed by atoms with E-state index >= 15 is 0 Å². The zero-order chi connectivity index (χ0) is 20.1. The zero-order valence-corrected chi connectivity index (χ0v) is 14.6. The SMILES string of the molecule is CCCCC1(C(=O)O)C(O)=C(O)C=CC1CC(O)C(O)C(O)C(O)CO. The highest BCUT2D eigenvalue weighted by atomic mass is 16.4. The summed E-state index contributed by atoms with van der Waals surface area (Å²) in [6.45, 7) is 0.996. The van der Waals surface area contributed by atoms with E-state index in [4.69, 9.17) is 5.11 Å². The molecule has 26 heavy (non-hydrogen) atoms. The van der Waals surface area contributed by atoms with Crippen molar-refractivity contribution in [2.75, 3.05) is 6.61 Å². The number of carboxylic acid groups (broad SMARTS) is 1. The molecule has 0 saturated heterocycles. The van der Waals surface area contributed by atoms with Crippen molar-refractivity contribution in [3.05, 3.63) is 23.7 Å². The molecular weight excluding hydrogens is 348 g/mol. The Bertz CT molecular complexity index is 544. The van der Waals surface area contributed by atoms with Gasteiger partial charge in [-0.15, -0.1) is 0 Å². The molecule has 0 aromatic rings. The predicted molar refractivity (Wildman–Crippen MR) is 90.2 cm³/mol. The summed E-state index contributed by atoms with van der Waals surface area (Å²) in [7, 11) is 0. The molecule has 6 unspecified atom stereocenters. The largest absolute Gasteiger partial charge is 0.507 e. The first kappa shape index (κ1) is 22.4. The van der Waals surface area contributed by atoms with Gasteiger partial charge < -0.3 is 40.9 Å². The van der Waals surface area contributed by atoms with Gasteiger partial charge >= 0.3 is 5.97 Å². The summed E-state index contributed by atoms with van der Waals surface area (Å²) in [5, 5.41) is 77.9. The van der Waals surface area contributed by atoms with Gasteiger partial charge in [-0.1, -0.05) is 25.8 Å². The van der Waals surface area contributed by atoms with Gasteiger partial charge in [0.05, 0.1) is 12.7 Å². The third kappa shape index (κ3) is 4.36. The number of rotatable bonds is 10. The van der Waals surface area contributed by atoms with Crippen molar-refractivity contribution in [1.82, 2.24) is 0 Å². The smallest absolute Gasteiger partial charge is 0.318 e. The average Bonchev–Trinajstić information content (AvgIpc) is 2.62. The van der Waals surface area contributed by atoms with Crippen molar-refractivity contribution in [3.63, 3.8) is 0 Å². The van der Waals surface area contributed by atoms with Crippen LogP contribution in [0, 0.1) is 11.3 Å². The Morgan fingerprint density at radius 1 is 1.15 bits per heavy atom. The summed E-state index contributed by atoms with van der Waals surface area (Å²) >= 11 is 0. The van der Waals surface area contributed by atoms with Crippen molar-refractivity contribution in [2.45, 2.75) is 57.0 Å². The number of aliphatic hydroxyl groups excluding tert-OH is 7. The minimum Gasteiger partial charge on any atom is -0.507 e. The van der Waals surface area contributed by atoms with Gasteiger partial charge in [0.1, 0.15) is 23.7 Å². The Labute approximate surface area is 151 Å². The van der Waals surface area contributed by atoms with E-state index in [0.29, 0.717) is 12.8 Å². The molecule has 8 N–H and O–H groups in total. The van der Waals surface area contributed by atoms with Crippen LogP contribution in [-0.2, 0) is 4.79 Å². The number of unbranched alkanes of at least 4 members (excludes halogenated alkanes) is 1. The number of aliphatic hydroxyl groups is 7. The average molecular weight is 376 g/mol. The third-order valence-corrected chi connectivity index (χ3v) is 4.91. The molecule has 0 fully saturated rings. The van der Waals surface area contributed by atoms with Gasteiger partial charge in [-0.2, -0.15) is 0 Å². The second kappa shape index (κ2) is 9.33. The fourth-order valence-electron chi connectivity index (χ4n) is 3.22. The Balaban J connectivity index is 3.11. The molecule has 9 heteroatoms. The van der Waals surface area contributed by atoms with E-state index in [9.17, 15) is 40.5 Å². The monoisotopic (exact) mass is 376 g/mol. The maximum Gasteiger partial charge on any atom is 0.318 e. The number of hydrogen-bond acceptors (Lipinski definition) is 8. The second-order valence-electron chi connectivity index (χ2n) is 6.61. The van der Waals surface area contributed by atoms with Crippen molar-refractivity contribution < 1.29 is 45.6 Å². The van der Waals surface area contributed by atoms with E-state index in [2.05, 4.69) is 0 Å². The molecule has 0 bridgehead atoms.